The molecular formula is C21H23N3O3. The molecule has 1 aromatic rings. The fourth-order valence-electron chi connectivity index (χ4n) is 4.42. The van der Waals surface area contributed by atoms with Crippen LogP contribution in [0.4, 0.5) is 0 Å². The fourth-order valence-corrected chi connectivity index (χ4v) is 4.42. The van der Waals surface area contributed by atoms with Crippen molar-refractivity contribution >= 4 is 11.8 Å². The first kappa shape index (κ1) is 17.7. The van der Waals surface area contributed by atoms with E-state index in [0.29, 0.717) is 26.1 Å². The molecule has 2 heterocycles. The van der Waals surface area contributed by atoms with Crippen molar-refractivity contribution < 1.29 is 14.4 Å². The van der Waals surface area contributed by atoms with Gasteiger partial charge in [0.2, 0.25) is 5.91 Å². The Morgan fingerprint density at radius 2 is 2.11 bits per heavy atom. The number of nitrogens with zero attached hydrogens (tertiary/aromatic N) is 3. The number of nitriles is 1. The largest absolute Gasteiger partial charge is 0.326 e. The minimum Gasteiger partial charge on any atom is -0.326 e. The molecule has 4 atom stereocenters. The van der Waals surface area contributed by atoms with Gasteiger partial charge in [0.15, 0.2) is 0 Å². The minimum atomic E-state index is -0.397. The van der Waals surface area contributed by atoms with Crippen molar-refractivity contribution in [3.63, 3.8) is 0 Å². The minimum absolute atomic E-state index is 0.0147. The van der Waals surface area contributed by atoms with Crippen molar-refractivity contribution in [1.82, 2.24) is 9.96 Å². The van der Waals surface area contributed by atoms with Gasteiger partial charge >= 0.3 is 0 Å². The van der Waals surface area contributed by atoms with Gasteiger partial charge in [-0.15, -0.1) is 0 Å². The van der Waals surface area contributed by atoms with Gasteiger partial charge in [0.1, 0.15) is 12.6 Å². The lowest BCUT2D eigenvalue weighted by molar-refractivity contribution is -0.185. The molecule has 0 radical (unpaired) electrons. The second-order valence-corrected chi connectivity index (χ2v) is 7.44. The van der Waals surface area contributed by atoms with Crippen LogP contribution in [0, 0.1) is 29.1 Å². The van der Waals surface area contributed by atoms with E-state index in [-0.39, 0.29) is 23.8 Å². The summed E-state index contributed by atoms with van der Waals surface area (Å²) in [6.45, 7) is 1.41. The summed E-state index contributed by atoms with van der Waals surface area (Å²) in [5.41, 5.74) is 0.997. The van der Waals surface area contributed by atoms with Crippen molar-refractivity contribution in [3.8, 4) is 6.07 Å². The highest BCUT2D eigenvalue weighted by atomic mass is 16.7. The van der Waals surface area contributed by atoms with E-state index in [2.05, 4.69) is 6.07 Å². The number of likely N-dealkylation sites (tertiary alicyclic amines) is 1. The summed E-state index contributed by atoms with van der Waals surface area (Å²) in [5.74, 6) is -0.980. The number of hydrogen-bond donors (Lipinski definition) is 0. The zero-order chi connectivity index (χ0) is 18.8. The van der Waals surface area contributed by atoms with Crippen LogP contribution < -0.4 is 0 Å². The van der Waals surface area contributed by atoms with Crippen LogP contribution in [0.5, 0.6) is 0 Å². The number of benzene rings is 1. The van der Waals surface area contributed by atoms with Crippen molar-refractivity contribution in [2.45, 2.75) is 31.9 Å². The summed E-state index contributed by atoms with van der Waals surface area (Å²) in [6, 6.07) is 11.6. The van der Waals surface area contributed by atoms with Crippen LogP contribution in [0.1, 0.15) is 24.8 Å². The van der Waals surface area contributed by atoms with Gasteiger partial charge in [-0.25, -0.2) is 5.06 Å². The first-order valence-electron chi connectivity index (χ1n) is 9.54. The maximum Gasteiger partial charge on any atom is 0.250 e. The number of hydroxylamine groups is 2. The Morgan fingerprint density at radius 1 is 1.30 bits per heavy atom. The fraction of sp³-hybridized carbons (Fsp3) is 0.476. The van der Waals surface area contributed by atoms with E-state index in [1.807, 2.05) is 42.5 Å². The zero-order valence-electron chi connectivity index (χ0n) is 15.2. The van der Waals surface area contributed by atoms with Gasteiger partial charge in [-0.2, -0.15) is 5.26 Å². The van der Waals surface area contributed by atoms with Gasteiger partial charge in [0.05, 0.1) is 24.4 Å². The van der Waals surface area contributed by atoms with Gasteiger partial charge < -0.3 is 4.90 Å². The van der Waals surface area contributed by atoms with E-state index in [0.717, 1.165) is 18.4 Å². The van der Waals surface area contributed by atoms with E-state index < -0.39 is 11.8 Å². The number of hydrogen-bond acceptors (Lipinski definition) is 4. The smallest absolute Gasteiger partial charge is 0.250 e. The molecule has 27 heavy (non-hydrogen) atoms. The molecule has 2 fully saturated rings. The van der Waals surface area contributed by atoms with E-state index in [9.17, 15) is 14.9 Å². The molecule has 4 rings (SSSR count). The second kappa shape index (κ2) is 7.53. The van der Waals surface area contributed by atoms with Crippen LogP contribution in [0.25, 0.3) is 0 Å². The van der Waals surface area contributed by atoms with Crippen LogP contribution in [-0.2, 0) is 21.0 Å². The number of carbonyl (C=O) groups is 2. The third kappa shape index (κ3) is 3.35. The molecule has 6 heteroatoms. The molecule has 0 aromatic heterocycles. The molecule has 3 aliphatic rings. The predicted molar refractivity (Wildman–Crippen MR) is 97.5 cm³/mol. The highest BCUT2D eigenvalue weighted by molar-refractivity contribution is 5.90. The van der Waals surface area contributed by atoms with E-state index in [4.69, 9.17) is 4.84 Å². The summed E-state index contributed by atoms with van der Waals surface area (Å²) < 4.78 is 0. The third-order valence-electron chi connectivity index (χ3n) is 5.81. The number of amides is 2. The topological polar surface area (TPSA) is 73.6 Å². The third-order valence-corrected chi connectivity index (χ3v) is 5.81. The van der Waals surface area contributed by atoms with Gasteiger partial charge in [-0.3, -0.25) is 14.4 Å². The van der Waals surface area contributed by atoms with Crippen LogP contribution in [0.3, 0.4) is 0 Å². The molecule has 1 aromatic carbocycles. The van der Waals surface area contributed by atoms with Crippen molar-refractivity contribution in [2.24, 2.45) is 17.8 Å². The summed E-state index contributed by atoms with van der Waals surface area (Å²) in [6.07, 6.45) is 6.14. The molecule has 0 N–H and O–H groups in total. The number of allylic oxidation sites excluding steroid dienone is 1. The Kier molecular flexibility index (Phi) is 4.95. The molecule has 140 valence electrons. The first-order valence-corrected chi connectivity index (χ1v) is 9.54. The summed E-state index contributed by atoms with van der Waals surface area (Å²) >= 11 is 0. The molecule has 6 nitrogen and oxygen atoms in total. The Morgan fingerprint density at radius 3 is 2.89 bits per heavy atom. The van der Waals surface area contributed by atoms with Gasteiger partial charge in [0, 0.05) is 12.5 Å². The van der Waals surface area contributed by atoms with Crippen LogP contribution >= 0.6 is 0 Å². The van der Waals surface area contributed by atoms with Gasteiger partial charge in [0.25, 0.3) is 5.91 Å². The highest BCUT2D eigenvalue weighted by Gasteiger charge is 2.49. The quantitative estimate of drug-likeness (QED) is 0.768. The van der Waals surface area contributed by atoms with E-state index in [1.165, 1.54) is 5.06 Å². The van der Waals surface area contributed by atoms with Crippen LogP contribution in [0.2, 0.25) is 0 Å². The monoisotopic (exact) mass is 365 g/mol. The predicted octanol–water partition coefficient (Wildman–Crippen LogP) is 2.28. The van der Waals surface area contributed by atoms with Gasteiger partial charge in [-0.05, 0) is 24.8 Å². The Bertz CT molecular complexity index is 786. The SMILES string of the molecule is N#C[C@@H]1CCCN1C(=O)[C@@H]1CC=C[C@H]2CN(OCc3ccccc3)C(=O)[C@@H]21. The lowest BCUT2D eigenvalue weighted by Gasteiger charge is -2.31. The average Bonchev–Trinajstić information content (AvgIpc) is 3.31. The maximum atomic E-state index is 13.1. The first-order chi connectivity index (χ1) is 13.2. The number of fused-ring (bicyclic) bond motifs is 1. The number of carbonyl (C=O) groups excluding carboxylic acids is 2. The summed E-state index contributed by atoms with van der Waals surface area (Å²) in [4.78, 5) is 33.5. The highest BCUT2D eigenvalue weighted by Crippen LogP contribution is 2.39. The molecular weight excluding hydrogens is 342 g/mol. The molecule has 0 saturated carbocycles. The van der Waals surface area contributed by atoms with Crippen LogP contribution in [-0.4, -0.2) is 40.9 Å². The second-order valence-electron chi connectivity index (χ2n) is 7.44. The molecule has 1 aliphatic carbocycles. The molecule has 0 bridgehead atoms. The van der Waals surface area contributed by atoms with Crippen LogP contribution in [0.15, 0.2) is 42.5 Å². The molecule has 0 unspecified atom stereocenters. The molecule has 2 saturated heterocycles. The van der Waals surface area contributed by atoms with E-state index in [1.54, 1.807) is 4.90 Å². The summed E-state index contributed by atoms with van der Waals surface area (Å²) in [5, 5.41) is 10.7. The average molecular weight is 365 g/mol. The maximum absolute atomic E-state index is 13.1. The lowest BCUT2D eigenvalue weighted by Crippen LogP contribution is -2.44. The Labute approximate surface area is 159 Å². The lowest BCUT2D eigenvalue weighted by atomic mass is 9.76. The Hall–Kier alpha value is -2.65. The normalized spacial score (nSPS) is 29.7. The van der Waals surface area contributed by atoms with Crippen molar-refractivity contribution in [3.05, 3.63) is 48.0 Å². The molecule has 0 spiro atoms. The van der Waals surface area contributed by atoms with E-state index >= 15 is 0 Å². The van der Waals surface area contributed by atoms with Crippen molar-refractivity contribution in [1.29, 1.82) is 5.26 Å². The number of rotatable bonds is 4. The zero-order valence-corrected chi connectivity index (χ0v) is 15.2. The van der Waals surface area contributed by atoms with Gasteiger partial charge in [-0.1, -0.05) is 42.5 Å². The van der Waals surface area contributed by atoms with Crippen molar-refractivity contribution in [2.75, 3.05) is 13.1 Å². The summed E-state index contributed by atoms with van der Waals surface area (Å²) in [7, 11) is 0. The standard InChI is InChI=1S/C21H23N3O3/c22-12-17-9-5-11-23(17)20(25)18-10-4-8-16-13-24(21(26)19(16)18)27-14-15-6-2-1-3-7-15/h1-4,6-8,16-19H,5,9-11,13-14H2/t16-,17-,18+,19-/m0/s1. The molecule has 2 aliphatic heterocycles. The Balaban J connectivity index is 1.46. The molecule has 2 amide bonds.